The maximum atomic E-state index is 12.7. The third-order valence-corrected chi connectivity index (χ3v) is 6.67. The van der Waals surface area contributed by atoms with Crippen molar-refractivity contribution in [2.24, 2.45) is 0 Å². The molecule has 0 aliphatic heterocycles. The van der Waals surface area contributed by atoms with Gasteiger partial charge in [-0.25, -0.2) is 0 Å². The van der Waals surface area contributed by atoms with Gasteiger partial charge in [-0.1, -0.05) is 45.4 Å². The summed E-state index contributed by atoms with van der Waals surface area (Å²) in [5, 5.41) is 25.3. The fourth-order valence-electron chi connectivity index (χ4n) is 3.67. The molecule has 0 saturated heterocycles. The van der Waals surface area contributed by atoms with Gasteiger partial charge in [-0.2, -0.15) is 0 Å². The van der Waals surface area contributed by atoms with Crippen LogP contribution in [0.5, 0.6) is 5.75 Å². The van der Waals surface area contributed by atoms with Crippen LogP contribution in [0.15, 0.2) is 70.3 Å². The number of nitrogens with zero attached hydrogens (tertiary/aromatic N) is 3. The Labute approximate surface area is 221 Å². The Morgan fingerprint density at radius 1 is 0.972 bits per heavy atom. The average molecular weight is 566 g/mol. The second-order valence-electron chi connectivity index (χ2n) is 8.19. The van der Waals surface area contributed by atoms with Crippen LogP contribution in [-0.4, -0.2) is 37.4 Å². The van der Waals surface area contributed by atoms with E-state index in [0.29, 0.717) is 27.9 Å². The Balaban J connectivity index is 1.60. The topological polar surface area (TPSA) is 109 Å². The lowest BCUT2D eigenvalue weighted by Gasteiger charge is -2.14. The van der Waals surface area contributed by atoms with Crippen molar-refractivity contribution in [1.82, 2.24) is 14.8 Å². The summed E-state index contributed by atoms with van der Waals surface area (Å²) < 4.78 is 2.65. The summed E-state index contributed by atoms with van der Waals surface area (Å²) in [7, 11) is 0. The third-order valence-electron chi connectivity index (χ3n) is 5.25. The van der Waals surface area contributed by atoms with Gasteiger partial charge in [-0.05, 0) is 67.9 Å². The molecule has 10 heteroatoms. The van der Waals surface area contributed by atoms with E-state index in [1.165, 1.54) is 18.7 Å². The Bertz CT molecular complexity index is 1440. The van der Waals surface area contributed by atoms with Gasteiger partial charge in [0.25, 0.3) is 0 Å². The summed E-state index contributed by atoms with van der Waals surface area (Å²) in [6, 6.07) is 18.1. The van der Waals surface area contributed by atoms with Gasteiger partial charge in [0.1, 0.15) is 5.75 Å². The molecule has 0 fully saturated rings. The van der Waals surface area contributed by atoms with E-state index in [1.807, 2.05) is 30.5 Å². The minimum Gasteiger partial charge on any atom is -0.507 e. The van der Waals surface area contributed by atoms with Crippen molar-refractivity contribution in [3.05, 3.63) is 76.3 Å². The Morgan fingerprint density at radius 2 is 1.67 bits per heavy atom. The molecule has 1 heterocycles. The van der Waals surface area contributed by atoms with Crippen LogP contribution in [0.3, 0.4) is 0 Å². The van der Waals surface area contributed by atoms with Crippen molar-refractivity contribution >= 4 is 50.9 Å². The molecule has 3 aromatic carbocycles. The van der Waals surface area contributed by atoms with E-state index < -0.39 is 0 Å². The van der Waals surface area contributed by atoms with E-state index >= 15 is 0 Å². The number of aryl methyl sites for hydroxylation is 2. The molecular weight excluding hydrogens is 542 g/mol. The first-order valence-corrected chi connectivity index (χ1v) is 12.8. The summed E-state index contributed by atoms with van der Waals surface area (Å²) in [5.74, 6) is 0.271. The highest BCUT2D eigenvalue weighted by Gasteiger charge is 2.21. The van der Waals surface area contributed by atoms with Gasteiger partial charge in [0.05, 0.1) is 17.0 Å². The molecule has 184 valence electrons. The molecule has 0 aliphatic rings. The summed E-state index contributed by atoms with van der Waals surface area (Å²) in [4.78, 5) is 23.9. The number of benzene rings is 3. The lowest BCUT2D eigenvalue weighted by molar-refractivity contribution is -0.114. The summed E-state index contributed by atoms with van der Waals surface area (Å²) >= 11 is 4.70. The molecule has 2 amide bonds. The fraction of sp³-hybridized carbons (Fsp3) is 0.154. The molecule has 0 saturated carbocycles. The van der Waals surface area contributed by atoms with Gasteiger partial charge in [0.2, 0.25) is 11.8 Å². The Kier molecular flexibility index (Phi) is 7.76. The molecule has 0 radical (unpaired) electrons. The third kappa shape index (κ3) is 5.95. The largest absolute Gasteiger partial charge is 0.507 e. The number of hydrogen-bond acceptors (Lipinski definition) is 6. The van der Waals surface area contributed by atoms with Gasteiger partial charge < -0.3 is 15.7 Å². The van der Waals surface area contributed by atoms with Gasteiger partial charge in [0, 0.05) is 22.8 Å². The molecule has 8 nitrogen and oxygen atoms in total. The van der Waals surface area contributed by atoms with Crippen LogP contribution in [0.1, 0.15) is 18.1 Å². The zero-order valence-electron chi connectivity index (χ0n) is 19.9. The van der Waals surface area contributed by atoms with Crippen molar-refractivity contribution in [1.29, 1.82) is 0 Å². The van der Waals surface area contributed by atoms with Crippen molar-refractivity contribution < 1.29 is 14.7 Å². The summed E-state index contributed by atoms with van der Waals surface area (Å²) in [6.07, 6.45) is 0. The first kappa shape index (κ1) is 25.5. The van der Waals surface area contributed by atoms with Crippen LogP contribution in [-0.2, 0) is 9.59 Å². The van der Waals surface area contributed by atoms with Crippen molar-refractivity contribution in [2.45, 2.75) is 25.9 Å². The Morgan fingerprint density at radius 3 is 2.33 bits per heavy atom. The molecule has 0 aliphatic carbocycles. The van der Waals surface area contributed by atoms with E-state index in [2.05, 4.69) is 42.8 Å². The maximum absolute atomic E-state index is 12.7. The number of phenolic OH excluding ortho intramolecular Hbond substituents is 1. The van der Waals surface area contributed by atoms with Crippen molar-refractivity contribution in [3.63, 3.8) is 0 Å². The maximum Gasteiger partial charge on any atom is 0.234 e. The highest BCUT2D eigenvalue weighted by molar-refractivity contribution is 9.10. The molecule has 36 heavy (non-hydrogen) atoms. The van der Waals surface area contributed by atoms with E-state index in [0.717, 1.165) is 21.3 Å². The van der Waals surface area contributed by atoms with Crippen LogP contribution in [0.25, 0.3) is 17.1 Å². The molecule has 3 N–H and O–H groups in total. The fourth-order valence-corrected chi connectivity index (χ4v) is 4.77. The minimum atomic E-state index is -0.214. The molecule has 1 aromatic heterocycles. The number of aromatic nitrogens is 3. The first-order chi connectivity index (χ1) is 17.2. The van der Waals surface area contributed by atoms with Gasteiger partial charge in [-0.3, -0.25) is 14.2 Å². The molecule has 0 bridgehead atoms. The number of anilines is 2. The number of hydrogen-bond donors (Lipinski definition) is 3. The van der Waals surface area contributed by atoms with E-state index in [9.17, 15) is 14.7 Å². The van der Waals surface area contributed by atoms with E-state index in [-0.39, 0.29) is 23.3 Å². The summed E-state index contributed by atoms with van der Waals surface area (Å²) in [6.45, 7) is 5.46. The molecule has 0 unspecified atom stereocenters. The number of carbonyl (C=O) groups is 2. The first-order valence-electron chi connectivity index (χ1n) is 11.0. The van der Waals surface area contributed by atoms with Gasteiger partial charge in [-0.15, -0.1) is 10.2 Å². The molecule has 0 spiro atoms. The highest BCUT2D eigenvalue weighted by atomic mass is 79.9. The molecule has 4 rings (SSSR count). The van der Waals surface area contributed by atoms with Crippen LogP contribution in [0, 0.1) is 13.8 Å². The number of carbonyl (C=O) groups excluding carboxylic acids is 2. The zero-order valence-corrected chi connectivity index (χ0v) is 22.3. The quantitative estimate of drug-likeness (QED) is 0.248. The van der Waals surface area contributed by atoms with Crippen molar-refractivity contribution in [2.75, 3.05) is 16.4 Å². The van der Waals surface area contributed by atoms with E-state index in [1.54, 1.807) is 42.5 Å². The van der Waals surface area contributed by atoms with Crippen LogP contribution < -0.4 is 10.6 Å². The number of aromatic hydroxyl groups is 1. The average Bonchev–Trinajstić information content (AvgIpc) is 3.23. The second-order valence-corrected chi connectivity index (χ2v) is 10.0. The predicted molar refractivity (Wildman–Crippen MR) is 146 cm³/mol. The van der Waals surface area contributed by atoms with E-state index in [4.69, 9.17) is 0 Å². The zero-order chi connectivity index (χ0) is 25.8. The number of thioether (sulfide) groups is 1. The van der Waals surface area contributed by atoms with Crippen LogP contribution in [0.2, 0.25) is 0 Å². The number of halogens is 1. The number of rotatable bonds is 7. The number of nitrogens with one attached hydrogen (secondary N) is 2. The van der Waals surface area contributed by atoms with Crippen molar-refractivity contribution in [3.8, 4) is 22.8 Å². The number of phenols is 1. The monoisotopic (exact) mass is 565 g/mol. The van der Waals surface area contributed by atoms with Gasteiger partial charge >= 0.3 is 0 Å². The summed E-state index contributed by atoms with van der Waals surface area (Å²) in [5.41, 5.74) is 4.78. The van der Waals surface area contributed by atoms with Gasteiger partial charge in [0.15, 0.2) is 11.0 Å². The molecule has 4 aromatic rings. The smallest absolute Gasteiger partial charge is 0.234 e. The lowest BCUT2D eigenvalue weighted by atomic mass is 10.1. The molecule has 0 atom stereocenters. The SMILES string of the molecule is CC(=O)Nc1ccc(NC(=O)CSc2nnc(-c3cc(Br)ccc3O)n2-c2ccc(C)cc2C)cc1. The second kappa shape index (κ2) is 11.0. The molecular formula is C26H24BrN5O3S. The predicted octanol–water partition coefficient (Wildman–Crippen LogP) is 5.71. The Hall–Kier alpha value is -3.63. The normalized spacial score (nSPS) is 10.8. The van der Waals surface area contributed by atoms with Crippen LogP contribution in [0.4, 0.5) is 11.4 Å². The minimum absolute atomic E-state index is 0.0774. The highest BCUT2D eigenvalue weighted by Crippen LogP contribution is 2.35. The number of amides is 2. The lowest BCUT2D eigenvalue weighted by Crippen LogP contribution is -2.15. The van der Waals surface area contributed by atoms with Crippen LogP contribution >= 0.6 is 27.7 Å². The standard InChI is InChI=1S/C26H24BrN5O3S/c1-15-4-10-22(16(2)12-15)32-25(21-13-18(27)5-11-23(21)34)30-31-26(32)36-14-24(35)29-20-8-6-19(7-9-20)28-17(3)33/h4-13,34H,14H2,1-3H3,(H,28,33)(H,29,35).